The first-order valence-electron chi connectivity index (χ1n) is 5.71. The van der Waals surface area contributed by atoms with E-state index in [1.807, 2.05) is 18.2 Å². The Morgan fingerprint density at radius 1 is 1.33 bits per heavy atom. The van der Waals surface area contributed by atoms with Crippen LogP contribution < -0.4 is 5.73 Å². The molecular weight excluding hydrogens is 230 g/mol. The number of rotatable bonds is 4. The van der Waals surface area contributed by atoms with Crippen molar-refractivity contribution in [3.8, 4) is 11.1 Å². The van der Waals surface area contributed by atoms with Gasteiger partial charge in [-0.25, -0.2) is 0 Å². The Hall–Kier alpha value is -2.07. The van der Waals surface area contributed by atoms with E-state index in [0.29, 0.717) is 23.2 Å². The molecule has 94 valence electrons. The zero-order valence-electron chi connectivity index (χ0n) is 10.1. The molecule has 0 spiro atoms. The maximum absolute atomic E-state index is 11.5. The lowest BCUT2D eigenvalue weighted by molar-refractivity contribution is 0.101. The summed E-state index contributed by atoms with van der Waals surface area (Å²) in [6.07, 6.45) is 3.44. The number of anilines is 1. The molecule has 2 rings (SSSR count). The van der Waals surface area contributed by atoms with Gasteiger partial charge in [-0.1, -0.05) is 18.2 Å². The third kappa shape index (κ3) is 2.15. The molecule has 1 aromatic heterocycles. The SMILES string of the molecule is CC(=O)c1cocc1-c1cccc(CCO)c1N. The van der Waals surface area contributed by atoms with E-state index in [0.717, 1.165) is 11.1 Å². The fourth-order valence-electron chi connectivity index (χ4n) is 1.96. The van der Waals surface area contributed by atoms with Crippen LogP contribution in [0, 0.1) is 0 Å². The Labute approximate surface area is 105 Å². The average molecular weight is 245 g/mol. The molecule has 0 atom stereocenters. The van der Waals surface area contributed by atoms with Crippen molar-refractivity contribution in [3.05, 3.63) is 41.9 Å². The summed E-state index contributed by atoms with van der Waals surface area (Å²) in [6.45, 7) is 1.53. The molecule has 3 N–H and O–H groups in total. The van der Waals surface area contributed by atoms with Crippen molar-refractivity contribution in [3.63, 3.8) is 0 Å². The maximum Gasteiger partial charge on any atom is 0.163 e. The minimum atomic E-state index is -0.0642. The summed E-state index contributed by atoms with van der Waals surface area (Å²) < 4.78 is 5.09. The van der Waals surface area contributed by atoms with Gasteiger partial charge in [-0.15, -0.1) is 0 Å². The predicted octanol–water partition coefficient (Wildman–Crippen LogP) is 2.27. The van der Waals surface area contributed by atoms with E-state index in [1.54, 1.807) is 0 Å². The first kappa shape index (κ1) is 12.4. The molecule has 0 aliphatic rings. The van der Waals surface area contributed by atoms with Crippen molar-refractivity contribution in [2.45, 2.75) is 13.3 Å². The number of para-hydroxylation sites is 1. The number of furan rings is 1. The maximum atomic E-state index is 11.5. The molecule has 0 unspecified atom stereocenters. The van der Waals surface area contributed by atoms with Crippen molar-refractivity contribution in [2.24, 2.45) is 0 Å². The normalized spacial score (nSPS) is 10.6. The molecule has 0 radical (unpaired) electrons. The van der Waals surface area contributed by atoms with Crippen LogP contribution >= 0.6 is 0 Å². The summed E-state index contributed by atoms with van der Waals surface area (Å²) in [5, 5.41) is 8.98. The lowest BCUT2D eigenvalue weighted by atomic mass is 9.97. The lowest BCUT2D eigenvalue weighted by Gasteiger charge is -2.09. The van der Waals surface area contributed by atoms with Crippen LogP contribution in [-0.2, 0) is 6.42 Å². The van der Waals surface area contributed by atoms with E-state index in [4.69, 9.17) is 15.3 Å². The van der Waals surface area contributed by atoms with Crippen LogP contribution in [0.5, 0.6) is 0 Å². The Balaban J connectivity index is 2.54. The molecule has 0 amide bonds. The fraction of sp³-hybridized carbons (Fsp3) is 0.214. The first-order valence-corrected chi connectivity index (χ1v) is 5.71. The molecule has 0 fully saturated rings. The molecular formula is C14H15NO3. The van der Waals surface area contributed by atoms with Gasteiger partial charge in [0, 0.05) is 23.4 Å². The second-order valence-electron chi connectivity index (χ2n) is 4.11. The molecule has 0 bridgehead atoms. The van der Waals surface area contributed by atoms with Crippen molar-refractivity contribution in [1.82, 2.24) is 0 Å². The molecule has 2 aromatic rings. The quantitative estimate of drug-likeness (QED) is 0.640. The Morgan fingerprint density at radius 2 is 2.11 bits per heavy atom. The number of hydrogen-bond acceptors (Lipinski definition) is 4. The van der Waals surface area contributed by atoms with Gasteiger partial charge >= 0.3 is 0 Å². The standard InChI is InChI=1S/C14H15NO3/c1-9(17)12-7-18-8-13(12)11-4-2-3-10(5-6-16)14(11)15/h2-4,7-8,16H,5-6,15H2,1H3. The van der Waals surface area contributed by atoms with Gasteiger partial charge in [0.05, 0.1) is 11.8 Å². The minimum absolute atomic E-state index is 0.0403. The Bertz CT molecular complexity index is 572. The third-order valence-electron chi connectivity index (χ3n) is 2.91. The predicted molar refractivity (Wildman–Crippen MR) is 69.4 cm³/mol. The monoisotopic (exact) mass is 245 g/mol. The number of nitrogen functional groups attached to an aromatic ring is 1. The second-order valence-corrected chi connectivity index (χ2v) is 4.11. The summed E-state index contributed by atoms with van der Waals surface area (Å²) in [4.78, 5) is 11.5. The number of carbonyl (C=O) groups is 1. The van der Waals surface area contributed by atoms with Crippen LogP contribution in [0.1, 0.15) is 22.8 Å². The first-order chi connectivity index (χ1) is 8.65. The van der Waals surface area contributed by atoms with E-state index in [9.17, 15) is 4.79 Å². The Kier molecular flexibility index (Phi) is 3.48. The molecule has 4 heteroatoms. The van der Waals surface area contributed by atoms with Gasteiger partial charge in [0.2, 0.25) is 0 Å². The van der Waals surface area contributed by atoms with Gasteiger partial charge in [0.25, 0.3) is 0 Å². The van der Waals surface area contributed by atoms with Crippen LogP contribution in [-0.4, -0.2) is 17.5 Å². The van der Waals surface area contributed by atoms with Gasteiger partial charge in [-0.3, -0.25) is 4.79 Å². The van der Waals surface area contributed by atoms with E-state index in [-0.39, 0.29) is 12.4 Å². The number of ketones is 1. The third-order valence-corrected chi connectivity index (χ3v) is 2.91. The number of benzene rings is 1. The van der Waals surface area contributed by atoms with Crippen LogP contribution in [0.3, 0.4) is 0 Å². The van der Waals surface area contributed by atoms with Crippen LogP contribution in [0.4, 0.5) is 5.69 Å². The topological polar surface area (TPSA) is 76.5 Å². The van der Waals surface area contributed by atoms with Crippen LogP contribution in [0.2, 0.25) is 0 Å². The molecule has 0 saturated heterocycles. The smallest absolute Gasteiger partial charge is 0.163 e. The fourth-order valence-corrected chi connectivity index (χ4v) is 1.96. The number of hydrogen-bond donors (Lipinski definition) is 2. The number of nitrogens with two attached hydrogens (primary N) is 1. The summed E-state index contributed by atoms with van der Waals surface area (Å²) >= 11 is 0. The molecule has 4 nitrogen and oxygen atoms in total. The summed E-state index contributed by atoms with van der Waals surface area (Å²) in [5.74, 6) is -0.0642. The molecule has 1 heterocycles. The zero-order chi connectivity index (χ0) is 13.1. The highest BCUT2D eigenvalue weighted by atomic mass is 16.3. The van der Waals surface area contributed by atoms with Crippen LogP contribution in [0.15, 0.2) is 35.1 Å². The lowest BCUT2D eigenvalue weighted by Crippen LogP contribution is -2.01. The number of Topliss-reactive ketones (excluding diaryl/α,β-unsaturated/α-hetero) is 1. The average Bonchev–Trinajstić information content (AvgIpc) is 2.81. The number of carbonyl (C=O) groups excluding carboxylic acids is 1. The van der Waals surface area contributed by atoms with E-state index in [1.165, 1.54) is 19.5 Å². The summed E-state index contributed by atoms with van der Waals surface area (Å²) in [5.41, 5.74) is 9.49. The van der Waals surface area contributed by atoms with Crippen molar-refractivity contribution >= 4 is 11.5 Å². The summed E-state index contributed by atoms with van der Waals surface area (Å²) in [7, 11) is 0. The number of aliphatic hydroxyl groups excluding tert-OH is 1. The van der Waals surface area contributed by atoms with Crippen molar-refractivity contribution in [1.29, 1.82) is 0 Å². The van der Waals surface area contributed by atoms with E-state index < -0.39 is 0 Å². The minimum Gasteiger partial charge on any atom is -0.471 e. The highest BCUT2D eigenvalue weighted by Gasteiger charge is 2.15. The van der Waals surface area contributed by atoms with Crippen molar-refractivity contribution < 1.29 is 14.3 Å². The van der Waals surface area contributed by atoms with Gasteiger partial charge in [-0.2, -0.15) is 0 Å². The van der Waals surface area contributed by atoms with Crippen molar-refractivity contribution in [2.75, 3.05) is 12.3 Å². The molecule has 0 aliphatic heterocycles. The number of aliphatic hydroxyl groups is 1. The summed E-state index contributed by atoms with van der Waals surface area (Å²) in [6, 6.07) is 5.56. The molecule has 18 heavy (non-hydrogen) atoms. The van der Waals surface area contributed by atoms with Gasteiger partial charge < -0.3 is 15.3 Å². The molecule has 0 saturated carbocycles. The van der Waals surface area contributed by atoms with E-state index >= 15 is 0 Å². The van der Waals surface area contributed by atoms with Gasteiger partial charge in [-0.05, 0) is 18.9 Å². The molecule has 1 aromatic carbocycles. The van der Waals surface area contributed by atoms with Crippen LogP contribution in [0.25, 0.3) is 11.1 Å². The second kappa shape index (κ2) is 5.06. The molecule has 0 aliphatic carbocycles. The highest BCUT2D eigenvalue weighted by Crippen LogP contribution is 2.32. The van der Waals surface area contributed by atoms with Gasteiger partial charge in [0.1, 0.15) is 6.26 Å². The zero-order valence-corrected chi connectivity index (χ0v) is 10.1. The Morgan fingerprint density at radius 3 is 2.78 bits per heavy atom. The largest absolute Gasteiger partial charge is 0.471 e. The van der Waals surface area contributed by atoms with Gasteiger partial charge in [0.15, 0.2) is 5.78 Å². The van der Waals surface area contributed by atoms with E-state index in [2.05, 4.69) is 0 Å². The highest BCUT2D eigenvalue weighted by molar-refractivity contribution is 6.01.